The van der Waals surface area contributed by atoms with E-state index in [1.807, 2.05) is 77.7 Å². The first-order chi connectivity index (χ1) is 14.7. The lowest BCUT2D eigenvalue weighted by atomic mass is 10.0. The van der Waals surface area contributed by atoms with Gasteiger partial charge < -0.3 is 14.7 Å². The maximum Gasteiger partial charge on any atom is 0.254 e. The molecule has 1 aliphatic heterocycles. The van der Waals surface area contributed by atoms with Crippen LogP contribution in [0.1, 0.15) is 15.9 Å². The lowest BCUT2D eigenvalue weighted by molar-refractivity contribution is 0.00207. The van der Waals surface area contributed by atoms with Gasteiger partial charge in [0, 0.05) is 38.3 Å². The van der Waals surface area contributed by atoms with E-state index >= 15 is 0 Å². The van der Waals surface area contributed by atoms with Crippen molar-refractivity contribution in [3.8, 4) is 0 Å². The van der Waals surface area contributed by atoms with Crippen LogP contribution in [-0.2, 0) is 11.3 Å². The molecule has 156 valence electrons. The summed E-state index contributed by atoms with van der Waals surface area (Å²) in [5.74, 6) is 0.0817. The zero-order chi connectivity index (χ0) is 20.8. The summed E-state index contributed by atoms with van der Waals surface area (Å²) in [5.41, 5.74) is 1.86. The maximum absolute atomic E-state index is 13.1. The van der Waals surface area contributed by atoms with Crippen molar-refractivity contribution in [3.63, 3.8) is 0 Å². The molecule has 1 atom stereocenters. The van der Waals surface area contributed by atoms with E-state index in [2.05, 4.69) is 4.90 Å². The Bertz CT molecular complexity index is 963. The third kappa shape index (κ3) is 5.05. The lowest BCUT2D eigenvalue weighted by Crippen LogP contribution is -2.50. The number of β-amino-alcohol motifs (C(OH)–C–C–N with tert-alkyl or cyclic N) is 1. The van der Waals surface area contributed by atoms with Gasteiger partial charge in [0.15, 0.2) is 0 Å². The molecule has 0 spiro atoms. The summed E-state index contributed by atoms with van der Waals surface area (Å²) in [6, 6.07) is 23.8. The predicted molar refractivity (Wildman–Crippen MR) is 118 cm³/mol. The summed E-state index contributed by atoms with van der Waals surface area (Å²) in [5, 5.41) is 12.4. The second-order valence-electron chi connectivity index (χ2n) is 7.77. The Kier molecular flexibility index (Phi) is 6.74. The fourth-order valence-corrected chi connectivity index (χ4v) is 3.95. The molecule has 1 saturated heterocycles. The highest BCUT2D eigenvalue weighted by Crippen LogP contribution is 2.20. The average Bonchev–Trinajstić information content (AvgIpc) is 2.79. The van der Waals surface area contributed by atoms with Gasteiger partial charge in [0.05, 0.1) is 19.3 Å². The molecule has 1 unspecified atom stereocenters. The lowest BCUT2D eigenvalue weighted by Gasteiger charge is -2.35. The van der Waals surface area contributed by atoms with Gasteiger partial charge in [-0.2, -0.15) is 0 Å². The standard InChI is InChI=1S/C25H28N2O3/c28-22(19-30-18-20-7-2-1-3-8-20)17-26-13-15-27(16-14-26)25(29)24-12-6-10-21-9-4-5-11-23(21)24/h1-12,22,28H,13-19H2. The van der Waals surface area contributed by atoms with Gasteiger partial charge in [0.1, 0.15) is 0 Å². The number of nitrogens with zero attached hydrogens (tertiary/aromatic N) is 2. The quantitative estimate of drug-likeness (QED) is 0.657. The third-order valence-corrected chi connectivity index (χ3v) is 5.57. The van der Waals surface area contributed by atoms with Crippen molar-refractivity contribution in [2.75, 3.05) is 39.3 Å². The van der Waals surface area contributed by atoms with Gasteiger partial charge >= 0.3 is 0 Å². The number of fused-ring (bicyclic) bond motifs is 1. The molecule has 0 aromatic heterocycles. The predicted octanol–water partition coefficient (Wildman–Crippen LogP) is 3.18. The number of benzene rings is 3. The Morgan fingerprint density at radius 2 is 1.60 bits per heavy atom. The van der Waals surface area contributed by atoms with Crippen LogP contribution in [0.3, 0.4) is 0 Å². The zero-order valence-electron chi connectivity index (χ0n) is 17.1. The molecule has 1 amide bonds. The van der Waals surface area contributed by atoms with Crippen LogP contribution < -0.4 is 0 Å². The van der Waals surface area contributed by atoms with Crippen LogP contribution in [0.2, 0.25) is 0 Å². The number of rotatable bonds is 7. The van der Waals surface area contributed by atoms with Crippen LogP contribution in [0.5, 0.6) is 0 Å². The van der Waals surface area contributed by atoms with Gasteiger partial charge in [-0.3, -0.25) is 9.69 Å². The number of hydrogen-bond donors (Lipinski definition) is 1. The molecule has 4 rings (SSSR count). The molecule has 1 aliphatic rings. The molecular formula is C25H28N2O3. The van der Waals surface area contributed by atoms with E-state index in [0.717, 1.165) is 35.0 Å². The van der Waals surface area contributed by atoms with Crippen molar-refractivity contribution in [1.82, 2.24) is 9.80 Å². The van der Waals surface area contributed by atoms with E-state index in [1.165, 1.54) is 0 Å². The molecule has 1 heterocycles. The number of aliphatic hydroxyl groups is 1. The van der Waals surface area contributed by atoms with E-state index in [9.17, 15) is 9.90 Å². The van der Waals surface area contributed by atoms with Crippen LogP contribution in [0.4, 0.5) is 0 Å². The molecule has 5 nitrogen and oxygen atoms in total. The topological polar surface area (TPSA) is 53.0 Å². The number of ether oxygens (including phenoxy) is 1. The smallest absolute Gasteiger partial charge is 0.254 e. The molecule has 30 heavy (non-hydrogen) atoms. The monoisotopic (exact) mass is 404 g/mol. The van der Waals surface area contributed by atoms with E-state index in [0.29, 0.717) is 32.8 Å². The SMILES string of the molecule is O=C(c1cccc2ccccc12)N1CCN(CC(O)COCc2ccccc2)CC1. The molecule has 0 aliphatic carbocycles. The summed E-state index contributed by atoms with van der Waals surface area (Å²) < 4.78 is 5.64. The van der Waals surface area contributed by atoms with Gasteiger partial charge in [0.2, 0.25) is 0 Å². The molecule has 1 fully saturated rings. The first-order valence-electron chi connectivity index (χ1n) is 10.5. The highest BCUT2D eigenvalue weighted by molar-refractivity contribution is 6.07. The molecule has 0 radical (unpaired) electrons. The Balaban J connectivity index is 1.25. The first-order valence-corrected chi connectivity index (χ1v) is 10.5. The highest BCUT2D eigenvalue weighted by atomic mass is 16.5. The normalized spacial score (nSPS) is 16.0. The van der Waals surface area contributed by atoms with E-state index in [4.69, 9.17) is 4.74 Å². The number of amides is 1. The van der Waals surface area contributed by atoms with E-state index < -0.39 is 6.10 Å². The van der Waals surface area contributed by atoms with Crippen molar-refractivity contribution in [2.45, 2.75) is 12.7 Å². The summed E-state index contributed by atoms with van der Waals surface area (Å²) >= 11 is 0. The van der Waals surface area contributed by atoms with Gasteiger partial charge in [-0.25, -0.2) is 0 Å². The summed E-state index contributed by atoms with van der Waals surface area (Å²) in [6.07, 6.45) is -0.533. The Morgan fingerprint density at radius 1 is 0.900 bits per heavy atom. The number of aliphatic hydroxyl groups excluding tert-OH is 1. The second-order valence-corrected chi connectivity index (χ2v) is 7.77. The minimum atomic E-state index is -0.533. The van der Waals surface area contributed by atoms with Crippen molar-refractivity contribution in [2.24, 2.45) is 0 Å². The summed E-state index contributed by atoms with van der Waals surface area (Å²) in [7, 11) is 0. The summed E-state index contributed by atoms with van der Waals surface area (Å²) in [4.78, 5) is 17.2. The van der Waals surface area contributed by atoms with Crippen LogP contribution in [0.15, 0.2) is 72.8 Å². The average molecular weight is 405 g/mol. The van der Waals surface area contributed by atoms with Gasteiger partial charge in [-0.05, 0) is 22.4 Å². The third-order valence-electron chi connectivity index (χ3n) is 5.57. The van der Waals surface area contributed by atoms with Crippen LogP contribution in [-0.4, -0.2) is 66.2 Å². The van der Waals surface area contributed by atoms with Crippen LogP contribution in [0, 0.1) is 0 Å². The molecule has 3 aromatic carbocycles. The van der Waals surface area contributed by atoms with Crippen LogP contribution >= 0.6 is 0 Å². The molecule has 5 heteroatoms. The molecule has 0 saturated carbocycles. The first kappa shape index (κ1) is 20.5. The molecule has 1 N–H and O–H groups in total. The molecule has 0 bridgehead atoms. The largest absolute Gasteiger partial charge is 0.389 e. The maximum atomic E-state index is 13.1. The van der Waals surface area contributed by atoms with Crippen molar-refractivity contribution < 1.29 is 14.6 Å². The minimum absolute atomic E-state index is 0.0817. The van der Waals surface area contributed by atoms with E-state index in [-0.39, 0.29) is 5.91 Å². The zero-order valence-corrected chi connectivity index (χ0v) is 17.1. The van der Waals surface area contributed by atoms with Gasteiger partial charge in [0.25, 0.3) is 5.91 Å². The second kappa shape index (κ2) is 9.85. The van der Waals surface area contributed by atoms with E-state index in [1.54, 1.807) is 0 Å². The number of hydrogen-bond acceptors (Lipinski definition) is 4. The van der Waals surface area contributed by atoms with Crippen molar-refractivity contribution in [3.05, 3.63) is 83.9 Å². The number of carbonyl (C=O) groups is 1. The molecular weight excluding hydrogens is 376 g/mol. The van der Waals surface area contributed by atoms with Crippen LogP contribution in [0.25, 0.3) is 10.8 Å². The fourth-order valence-electron chi connectivity index (χ4n) is 3.95. The Labute approximate surface area is 177 Å². The van der Waals surface area contributed by atoms with Gasteiger partial charge in [-0.1, -0.05) is 66.7 Å². The fraction of sp³-hybridized carbons (Fsp3) is 0.320. The van der Waals surface area contributed by atoms with Crippen molar-refractivity contribution >= 4 is 16.7 Å². The highest BCUT2D eigenvalue weighted by Gasteiger charge is 2.24. The van der Waals surface area contributed by atoms with Crippen molar-refractivity contribution in [1.29, 1.82) is 0 Å². The number of piperazine rings is 1. The molecule has 3 aromatic rings. The Morgan fingerprint density at radius 3 is 2.40 bits per heavy atom. The van der Waals surface area contributed by atoms with Gasteiger partial charge in [-0.15, -0.1) is 0 Å². The Hall–Kier alpha value is -2.73. The summed E-state index contributed by atoms with van der Waals surface area (Å²) in [6.45, 7) is 4.22. The number of carbonyl (C=O) groups excluding carboxylic acids is 1. The minimum Gasteiger partial charge on any atom is -0.389 e.